The smallest absolute Gasteiger partial charge is 0.351 e. The van der Waals surface area contributed by atoms with Gasteiger partial charge in [0.1, 0.15) is 0 Å². The van der Waals surface area contributed by atoms with Crippen LogP contribution in [0.3, 0.4) is 0 Å². The van der Waals surface area contributed by atoms with Crippen molar-refractivity contribution in [3.8, 4) is 5.69 Å². The molecule has 0 atom stereocenters. The van der Waals surface area contributed by atoms with E-state index in [9.17, 15) is 4.79 Å². The van der Waals surface area contributed by atoms with Crippen LogP contribution in [0.1, 0.15) is 6.92 Å². The van der Waals surface area contributed by atoms with Crippen LogP contribution in [0.15, 0.2) is 29.1 Å². The lowest BCUT2D eigenvalue weighted by molar-refractivity contribution is 0.726. The molecule has 6 heteroatoms. The summed E-state index contributed by atoms with van der Waals surface area (Å²) in [6, 6.07) is 7.18. The van der Waals surface area contributed by atoms with Crippen LogP contribution >= 0.6 is 11.6 Å². The number of nitrogens with zero attached hydrogens (tertiary/aromatic N) is 3. The Morgan fingerprint density at radius 2 is 2.12 bits per heavy atom. The first-order chi connectivity index (χ1) is 8.15. The summed E-state index contributed by atoms with van der Waals surface area (Å²) in [5.74, 6) is 0.494. The molecule has 0 bridgehead atoms. The van der Waals surface area contributed by atoms with E-state index in [0.717, 1.165) is 0 Å². The maximum absolute atomic E-state index is 12.0. The maximum Gasteiger partial charge on any atom is 0.351 e. The molecular formula is C11H13ClN4O. The summed E-state index contributed by atoms with van der Waals surface area (Å²) >= 11 is 6.09. The Kier molecular flexibility index (Phi) is 3.19. The van der Waals surface area contributed by atoms with Gasteiger partial charge in [-0.2, -0.15) is 0 Å². The van der Waals surface area contributed by atoms with E-state index in [1.165, 1.54) is 9.25 Å². The van der Waals surface area contributed by atoms with Gasteiger partial charge in [0, 0.05) is 13.6 Å². The molecule has 0 aliphatic carbocycles. The van der Waals surface area contributed by atoms with Gasteiger partial charge in [-0.05, 0) is 19.1 Å². The normalized spacial score (nSPS) is 10.5. The number of hydrogen-bond acceptors (Lipinski definition) is 3. The number of para-hydroxylation sites is 1. The maximum atomic E-state index is 12.0. The summed E-state index contributed by atoms with van der Waals surface area (Å²) < 4.78 is 2.74. The Morgan fingerprint density at radius 1 is 1.41 bits per heavy atom. The molecule has 0 fully saturated rings. The zero-order valence-electron chi connectivity index (χ0n) is 9.64. The first kappa shape index (κ1) is 11.7. The molecule has 2 rings (SSSR count). The van der Waals surface area contributed by atoms with Crippen LogP contribution in [0, 0.1) is 0 Å². The quantitative estimate of drug-likeness (QED) is 0.904. The molecule has 0 aliphatic rings. The van der Waals surface area contributed by atoms with Crippen LogP contribution in [0.2, 0.25) is 5.02 Å². The largest absolute Gasteiger partial charge is 0.354 e. The molecule has 17 heavy (non-hydrogen) atoms. The highest BCUT2D eigenvalue weighted by Crippen LogP contribution is 2.20. The summed E-state index contributed by atoms with van der Waals surface area (Å²) in [7, 11) is 1.61. The minimum absolute atomic E-state index is 0.228. The molecule has 1 heterocycles. The zero-order chi connectivity index (χ0) is 12.4. The molecule has 1 N–H and O–H groups in total. The predicted molar refractivity (Wildman–Crippen MR) is 68.0 cm³/mol. The van der Waals surface area contributed by atoms with Gasteiger partial charge < -0.3 is 5.32 Å². The third kappa shape index (κ3) is 2.06. The highest BCUT2D eigenvalue weighted by atomic mass is 35.5. The fourth-order valence-corrected chi connectivity index (χ4v) is 1.81. The van der Waals surface area contributed by atoms with E-state index >= 15 is 0 Å². The fraction of sp³-hybridized carbons (Fsp3) is 0.273. The molecular weight excluding hydrogens is 240 g/mol. The lowest BCUT2D eigenvalue weighted by atomic mass is 10.3. The minimum atomic E-state index is -0.228. The molecule has 5 nitrogen and oxygen atoms in total. The van der Waals surface area contributed by atoms with Crippen LogP contribution in [0.5, 0.6) is 0 Å². The van der Waals surface area contributed by atoms with Crippen molar-refractivity contribution >= 4 is 17.5 Å². The molecule has 0 aliphatic heterocycles. The Labute approximate surface area is 104 Å². The number of halogens is 1. The van der Waals surface area contributed by atoms with Gasteiger partial charge in [0.05, 0.1) is 10.7 Å². The van der Waals surface area contributed by atoms with Gasteiger partial charge in [0.25, 0.3) is 0 Å². The molecule has 0 amide bonds. The second-order valence-electron chi connectivity index (χ2n) is 3.55. The van der Waals surface area contributed by atoms with Crippen molar-refractivity contribution < 1.29 is 0 Å². The van der Waals surface area contributed by atoms with Gasteiger partial charge in [0.2, 0.25) is 5.95 Å². The molecule has 0 saturated carbocycles. The van der Waals surface area contributed by atoms with Crippen molar-refractivity contribution in [2.75, 3.05) is 11.9 Å². The lowest BCUT2D eigenvalue weighted by Crippen LogP contribution is -2.22. The monoisotopic (exact) mass is 252 g/mol. The van der Waals surface area contributed by atoms with Crippen LogP contribution in [-0.4, -0.2) is 20.9 Å². The molecule has 90 valence electrons. The number of rotatable bonds is 3. The van der Waals surface area contributed by atoms with Crippen LogP contribution < -0.4 is 11.0 Å². The standard InChI is InChI=1S/C11H13ClN4O/c1-3-13-10-14-15(2)11(17)16(10)9-7-5-4-6-8(9)12/h4-7H,3H2,1-2H3,(H,13,14). The number of nitrogens with one attached hydrogen (secondary N) is 1. The SMILES string of the molecule is CCNc1nn(C)c(=O)n1-c1ccccc1Cl. The lowest BCUT2D eigenvalue weighted by Gasteiger charge is -2.07. The first-order valence-corrected chi connectivity index (χ1v) is 5.67. The third-order valence-electron chi connectivity index (χ3n) is 2.35. The molecule has 0 unspecified atom stereocenters. The highest BCUT2D eigenvalue weighted by Gasteiger charge is 2.14. The van der Waals surface area contributed by atoms with Crippen molar-refractivity contribution in [2.24, 2.45) is 7.05 Å². The van der Waals surface area contributed by atoms with Gasteiger partial charge in [-0.15, -0.1) is 5.10 Å². The molecule has 0 radical (unpaired) electrons. The third-order valence-corrected chi connectivity index (χ3v) is 2.67. The number of hydrogen-bond donors (Lipinski definition) is 1. The second-order valence-corrected chi connectivity index (χ2v) is 3.95. The van der Waals surface area contributed by atoms with E-state index in [2.05, 4.69) is 10.4 Å². The summed E-state index contributed by atoms with van der Waals surface area (Å²) in [6.45, 7) is 2.62. The van der Waals surface area contributed by atoms with Crippen LogP contribution in [0.25, 0.3) is 5.69 Å². The van der Waals surface area contributed by atoms with Crippen LogP contribution in [0.4, 0.5) is 5.95 Å². The summed E-state index contributed by atoms with van der Waals surface area (Å²) in [4.78, 5) is 12.0. The Bertz CT molecular complexity index is 587. The fourth-order valence-electron chi connectivity index (χ4n) is 1.59. The van der Waals surface area contributed by atoms with Gasteiger partial charge in [-0.25, -0.2) is 14.0 Å². The topological polar surface area (TPSA) is 51.9 Å². The summed E-state index contributed by atoms with van der Waals surface area (Å²) in [5.41, 5.74) is 0.400. The first-order valence-electron chi connectivity index (χ1n) is 5.30. The summed E-state index contributed by atoms with van der Waals surface area (Å²) in [6.07, 6.45) is 0. The van der Waals surface area contributed by atoms with Crippen molar-refractivity contribution in [1.82, 2.24) is 14.3 Å². The van der Waals surface area contributed by atoms with E-state index < -0.39 is 0 Å². The number of aromatic nitrogens is 3. The molecule has 0 spiro atoms. The number of benzene rings is 1. The number of aryl methyl sites for hydroxylation is 1. The van der Waals surface area contributed by atoms with Gasteiger partial charge in [-0.3, -0.25) is 0 Å². The highest BCUT2D eigenvalue weighted by molar-refractivity contribution is 6.32. The van der Waals surface area contributed by atoms with E-state index in [0.29, 0.717) is 23.2 Å². The van der Waals surface area contributed by atoms with Crippen molar-refractivity contribution in [3.05, 3.63) is 39.8 Å². The molecule has 0 saturated heterocycles. The second kappa shape index (κ2) is 4.63. The molecule has 1 aromatic carbocycles. The van der Waals surface area contributed by atoms with Crippen molar-refractivity contribution in [1.29, 1.82) is 0 Å². The van der Waals surface area contributed by atoms with Gasteiger partial charge in [0.15, 0.2) is 0 Å². The average Bonchev–Trinajstić information content (AvgIpc) is 2.57. The Balaban J connectivity index is 2.66. The van der Waals surface area contributed by atoms with E-state index in [1.54, 1.807) is 19.2 Å². The average molecular weight is 253 g/mol. The van der Waals surface area contributed by atoms with Gasteiger partial charge >= 0.3 is 5.69 Å². The Hall–Kier alpha value is -1.75. The molecule has 1 aromatic heterocycles. The molecule has 2 aromatic rings. The number of anilines is 1. The van der Waals surface area contributed by atoms with E-state index in [4.69, 9.17) is 11.6 Å². The Morgan fingerprint density at radius 3 is 2.76 bits per heavy atom. The minimum Gasteiger partial charge on any atom is -0.354 e. The van der Waals surface area contributed by atoms with Gasteiger partial charge in [-0.1, -0.05) is 23.7 Å². The zero-order valence-corrected chi connectivity index (χ0v) is 10.4. The van der Waals surface area contributed by atoms with E-state index in [1.807, 2.05) is 19.1 Å². The van der Waals surface area contributed by atoms with Crippen LogP contribution in [-0.2, 0) is 7.05 Å². The summed E-state index contributed by atoms with van der Waals surface area (Å²) in [5, 5.41) is 7.67. The predicted octanol–water partition coefficient (Wildman–Crippen LogP) is 1.66. The van der Waals surface area contributed by atoms with Crippen molar-refractivity contribution in [3.63, 3.8) is 0 Å². The van der Waals surface area contributed by atoms with Crippen molar-refractivity contribution in [2.45, 2.75) is 6.92 Å². The van der Waals surface area contributed by atoms with E-state index in [-0.39, 0.29) is 5.69 Å².